The fourth-order valence-electron chi connectivity index (χ4n) is 4.98. The number of hydrogen-bond donors (Lipinski definition) is 2. The van der Waals surface area contributed by atoms with E-state index >= 15 is 0 Å². The number of benzene rings is 2. The van der Waals surface area contributed by atoms with Crippen LogP contribution in [0.1, 0.15) is 41.6 Å². The molecule has 0 radical (unpaired) electrons. The number of rotatable bonds is 5. The average Bonchev–Trinajstić information content (AvgIpc) is 3.02. The third-order valence-electron chi connectivity index (χ3n) is 6.96. The van der Waals surface area contributed by atoms with Crippen molar-refractivity contribution >= 4 is 22.9 Å². The van der Waals surface area contributed by atoms with Crippen molar-refractivity contribution in [2.45, 2.75) is 31.5 Å². The first-order chi connectivity index (χ1) is 16.6. The number of nitrogens with zero attached hydrogens (tertiary/aromatic N) is 2. The largest absolute Gasteiger partial charge is 0.487 e. The minimum atomic E-state index is -0.848. The highest BCUT2D eigenvalue weighted by atomic mass is 35.5. The molecule has 5 nitrogen and oxygen atoms in total. The Hall–Kier alpha value is -2.86. The van der Waals surface area contributed by atoms with Gasteiger partial charge < -0.3 is 20.1 Å². The van der Waals surface area contributed by atoms with Crippen LogP contribution in [-0.4, -0.2) is 41.7 Å². The second kappa shape index (κ2) is 9.79. The molecule has 0 aliphatic carbocycles. The molecule has 34 heavy (non-hydrogen) atoms. The van der Waals surface area contributed by atoms with Gasteiger partial charge in [-0.15, -0.1) is 0 Å². The number of fused-ring (bicyclic) bond motifs is 2. The van der Waals surface area contributed by atoms with Crippen LogP contribution in [0.4, 0.5) is 5.69 Å². The van der Waals surface area contributed by atoms with E-state index in [1.54, 1.807) is 0 Å². The van der Waals surface area contributed by atoms with E-state index in [-0.39, 0.29) is 0 Å². The molecule has 2 aliphatic rings. The van der Waals surface area contributed by atoms with E-state index in [0.717, 1.165) is 65.4 Å². The van der Waals surface area contributed by atoms with Gasteiger partial charge in [0.25, 0.3) is 0 Å². The summed E-state index contributed by atoms with van der Waals surface area (Å²) in [5, 5.41) is 15.1. The van der Waals surface area contributed by atoms with E-state index in [9.17, 15) is 5.11 Å². The third kappa shape index (κ3) is 4.56. The molecular formula is C28H30ClN3O2. The van der Waals surface area contributed by atoms with Gasteiger partial charge in [0.2, 0.25) is 0 Å². The number of aromatic nitrogens is 1. The SMILES string of the molecule is CNc1ccc2c(c1)/C(=C/CCN1CCC(O)(c3ccccc3Cl)CC1)c1cccnc1CO2. The Morgan fingerprint density at radius 3 is 2.74 bits per heavy atom. The fraction of sp³-hybridized carbons (Fsp3) is 0.321. The van der Waals surface area contributed by atoms with Gasteiger partial charge in [-0.1, -0.05) is 41.9 Å². The highest BCUT2D eigenvalue weighted by Crippen LogP contribution is 2.39. The summed E-state index contributed by atoms with van der Waals surface area (Å²) in [5.74, 6) is 0.881. The summed E-state index contributed by atoms with van der Waals surface area (Å²) >= 11 is 6.37. The van der Waals surface area contributed by atoms with Crippen molar-refractivity contribution in [3.05, 3.63) is 94.3 Å². The molecule has 1 fully saturated rings. The number of pyridine rings is 1. The molecule has 3 heterocycles. The second-order valence-electron chi connectivity index (χ2n) is 9.01. The zero-order chi connectivity index (χ0) is 23.5. The van der Waals surface area contributed by atoms with Crippen LogP contribution in [0.25, 0.3) is 5.57 Å². The molecule has 1 saturated heterocycles. The lowest BCUT2D eigenvalue weighted by Crippen LogP contribution is -2.43. The van der Waals surface area contributed by atoms with Crippen molar-refractivity contribution in [2.24, 2.45) is 0 Å². The lowest BCUT2D eigenvalue weighted by atomic mass is 9.84. The summed E-state index contributed by atoms with van der Waals surface area (Å²) in [4.78, 5) is 7.00. The van der Waals surface area contributed by atoms with Crippen LogP contribution in [0.5, 0.6) is 5.75 Å². The van der Waals surface area contributed by atoms with Crippen molar-refractivity contribution < 1.29 is 9.84 Å². The number of aliphatic hydroxyl groups is 1. The predicted molar refractivity (Wildman–Crippen MR) is 137 cm³/mol. The Labute approximate surface area is 206 Å². The summed E-state index contributed by atoms with van der Waals surface area (Å²) in [7, 11) is 1.93. The van der Waals surface area contributed by atoms with Crippen LogP contribution in [-0.2, 0) is 12.2 Å². The Kier molecular flexibility index (Phi) is 6.59. The van der Waals surface area contributed by atoms with Gasteiger partial charge in [0, 0.05) is 60.3 Å². The first kappa shape index (κ1) is 22.9. The Morgan fingerprint density at radius 2 is 1.94 bits per heavy atom. The first-order valence-corrected chi connectivity index (χ1v) is 12.2. The van der Waals surface area contributed by atoms with E-state index in [0.29, 0.717) is 24.5 Å². The molecular weight excluding hydrogens is 446 g/mol. The van der Waals surface area contributed by atoms with Crippen molar-refractivity contribution in [3.63, 3.8) is 0 Å². The molecule has 0 amide bonds. The Balaban J connectivity index is 1.33. The molecule has 6 heteroatoms. The molecule has 3 aromatic rings. The predicted octanol–water partition coefficient (Wildman–Crippen LogP) is 5.47. The van der Waals surface area contributed by atoms with E-state index in [2.05, 4.69) is 33.4 Å². The van der Waals surface area contributed by atoms with E-state index in [1.165, 1.54) is 0 Å². The summed E-state index contributed by atoms with van der Waals surface area (Å²) < 4.78 is 6.10. The van der Waals surface area contributed by atoms with Crippen molar-refractivity contribution in [1.29, 1.82) is 0 Å². The molecule has 5 rings (SSSR count). The average molecular weight is 476 g/mol. The van der Waals surface area contributed by atoms with Gasteiger partial charge in [-0.2, -0.15) is 0 Å². The van der Waals surface area contributed by atoms with Crippen molar-refractivity contribution in [1.82, 2.24) is 9.88 Å². The molecule has 0 saturated carbocycles. The molecule has 2 aliphatic heterocycles. The smallest absolute Gasteiger partial charge is 0.131 e. The number of nitrogens with one attached hydrogen (secondary N) is 1. The monoisotopic (exact) mass is 475 g/mol. The third-order valence-corrected chi connectivity index (χ3v) is 7.29. The summed E-state index contributed by atoms with van der Waals surface area (Å²) in [5.41, 5.74) is 5.38. The number of anilines is 1. The van der Waals surface area contributed by atoms with E-state index in [1.807, 2.05) is 55.7 Å². The second-order valence-corrected chi connectivity index (χ2v) is 9.41. The maximum absolute atomic E-state index is 11.2. The Bertz CT molecular complexity index is 1200. The van der Waals surface area contributed by atoms with Gasteiger partial charge >= 0.3 is 0 Å². The van der Waals surface area contributed by atoms with Crippen LogP contribution >= 0.6 is 11.6 Å². The number of ether oxygens (including phenoxy) is 1. The minimum absolute atomic E-state index is 0.464. The number of likely N-dealkylation sites (tertiary alicyclic amines) is 1. The topological polar surface area (TPSA) is 57.6 Å². The maximum atomic E-state index is 11.2. The molecule has 2 aromatic carbocycles. The van der Waals surface area contributed by atoms with Crippen LogP contribution in [0, 0.1) is 0 Å². The normalized spacial score (nSPS) is 18.5. The summed E-state index contributed by atoms with van der Waals surface area (Å²) in [6.07, 6.45) is 6.40. The minimum Gasteiger partial charge on any atom is -0.487 e. The summed E-state index contributed by atoms with van der Waals surface area (Å²) in [6, 6.07) is 18.0. The van der Waals surface area contributed by atoms with Gasteiger partial charge in [0.15, 0.2) is 0 Å². The van der Waals surface area contributed by atoms with Gasteiger partial charge in [-0.25, -0.2) is 0 Å². The molecule has 0 unspecified atom stereocenters. The summed E-state index contributed by atoms with van der Waals surface area (Å²) in [6.45, 7) is 3.07. The quantitative estimate of drug-likeness (QED) is 0.512. The zero-order valence-electron chi connectivity index (χ0n) is 19.4. The maximum Gasteiger partial charge on any atom is 0.131 e. The highest BCUT2D eigenvalue weighted by Gasteiger charge is 2.35. The number of hydrogen-bond acceptors (Lipinski definition) is 5. The highest BCUT2D eigenvalue weighted by molar-refractivity contribution is 6.31. The molecule has 0 spiro atoms. The zero-order valence-corrected chi connectivity index (χ0v) is 20.2. The molecule has 176 valence electrons. The van der Waals surface area contributed by atoms with Gasteiger partial charge in [0.05, 0.1) is 11.3 Å². The van der Waals surface area contributed by atoms with Gasteiger partial charge in [-0.05, 0) is 55.2 Å². The lowest BCUT2D eigenvalue weighted by Gasteiger charge is -2.38. The first-order valence-electron chi connectivity index (χ1n) is 11.9. The van der Waals surface area contributed by atoms with Crippen molar-refractivity contribution in [3.8, 4) is 5.75 Å². The fourth-order valence-corrected chi connectivity index (χ4v) is 5.29. The number of halogens is 1. The molecule has 2 N–H and O–H groups in total. The Morgan fingerprint density at radius 1 is 1.12 bits per heavy atom. The van der Waals surface area contributed by atoms with Crippen LogP contribution in [0.3, 0.4) is 0 Å². The van der Waals surface area contributed by atoms with Gasteiger partial charge in [0.1, 0.15) is 12.4 Å². The van der Waals surface area contributed by atoms with Gasteiger partial charge in [-0.3, -0.25) is 4.98 Å². The van der Waals surface area contributed by atoms with Crippen molar-refractivity contribution in [2.75, 3.05) is 32.0 Å². The van der Waals surface area contributed by atoms with E-state index in [4.69, 9.17) is 16.3 Å². The molecule has 1 aromatic heterocycles. The van der Waals surface area contributed by atoms with Crippen LogP contribution < -0.4 is 10.1 Å². The molecule has 0 bridgehead atoms. The lowest BCUT2D eigenvalue weighted by molar-refractivity contribution is -0.0253. The molecule has 0 atom stereocenters. The standard InChI is InChI=1S/C28H30ClN3O2/c1-30-20-10-11-27-23(18-20)21(22-6-4-14-31-26(22)19-34-27)7-5-15-32-16-12-28(33,13-17-32)24-8-2-3-9-25(24)29/h2-4,6-11,14,18,30,33H,5,12-13,15-17,19H2,1H3/b21-7+. The van der Waals surface area contributed by atoms with Crippen LogP contribution in [0.2, 0.25) is 5.02 Å². The number of piperidine rings is 1. The van der Waals surface area contributed by atoms with Crippen LogP contribution in [0.15, 0.2) is 66.9 Å². The van der Waals surface area contributed by atoms with E-state index < -0.39 is 5.60 Å².